The zero-order valence-corrected chi connectivity index (χ0v) is 13.8. The molecule has 0 saturated heterocycles. The Bertz CT molecular complexity index is 1370. The summed E-state index contributed by atoms with van der Waals surface area (Å²) in [7, 11) is 0. The van der Waals surface area contributed by atoms with Gasteiger partial charge in [0.25, 0.3) is 0 Å². The third-order valence-electron chi connectivity index (χ3n) is 3.79. The molecule has 0 aliphatic rings. The van der Waals surface area contributed by atoms with Gasteiger partial charge in [0.15, 0.2) is 0 Å². The lowest BCUT2D eigenvalue weighted by atomic mass is 9.97. The van der Waals surface area contributed by atoms with Gasteiger partial charge < -0.3 is 0 Å². The number of rotatable bonds is 0. The fourth-order valence-corrected chi connectivity index (χ4v) is 3.26. The lowest BCUT2D eigenvalue weighted by molar-refractivity contribution is -0.137. The maximum Gasteiger partial charge on any atom is 0.416 e. The van der Waals surface area contributed by atoms with Crippen LogP contribution in [0.15, 0.2) is 18.2 Å². The van der Waals surface area contributed by atoms with Gasteiger partial charge in [-0.05, 0) is 22.9 Å². The van der Waals surface area contributed by atoms with Gasteiger partial charge in [-0.3, -0.25) is 0 Å². The number of fused-ring (bicyclic) bond motifs is 2. The molecule has 0 aliphatic carbocycles. The summed E-state index contributed by atoms with van der Waals surface area (Å²) in [5, 5.41) is 36.9. The Morgan fingerprint density at radius 1 is 0.815 bits per heavy atom. The average Bonchev–Trinajstić information content (AvgIpc) is 3.12. The highest BCUT2D eigenvalue weighted by Crippen LogP contribution is 2.30. The minimum atomic E-state index is -4.67. The first-order valence-corrected chi connectivity index (χ1v) is 7.74. The highest BCUT2D eigenvalue weighted by Gasteiger charge is 2.31. The van der Waals surface area contributed by atoms with Gasteiger partial charge in [-0.15, -0.1) is 0 Å². The Morgan fingerprint density at radius 3 is 1.74 bits per heavy atom. The number of nitrogens with zero attached hydrogens (tertiary/aromatic N) is 6. The second kappa shape index (κ2) is 6.38. The molecule has 128 valence electrons. The Hall–Kier alpha value is -3.99. The summed E-state index contributed by atoms with van der Waals surface area (Å²) in [6.45, 7) is 0. The normalized spacial score (nSPS) is 10.6. The van der Waals surface area contributed by atoms with Crippen molar-refractivity contribution in [3.05, 3.63) is 34.2 Å². The van der Waals surface area contributed by atoms with Crippen LogP contribution >= 0.6 is 11.7 Å². The molecule has 1 heterocycles. The number of hydrogen-bond donors (Lipinski definition) is 0. The maximum absolute atomic E-state index is 13.2. The topological polar surface area (TPSA) is 121 Å². The number of nitriles is 4. The summed E-state index contributed by atoms with van der Waals surface area (Å²) in [4.78, 5) is 0. The fraction of sp³-hybridized carbons (Fsp3) is 0.0588. The highest BCUT2D eigenvalue weighted by atomic mass is 32.1. The van der Waals surface area contributed by atoms with Crippen LogP contribution in [-0.2, 0) is 6.18 Å². The van der Waals surface area contributed by atoms with Crippen molar-refractivity contribution in [3.8, 4) is 24.3 Å². The minimum Gasteiger partial charge on any atom is -0.192 e. The van der Waals surface area contributed by atoms with E-state index in [2.05, 4.69) is 8.75 Å². The van der Waals surface area contributed by atoms with Crippen molar-refractivity contribution >= 4 is 44.7 Å². The SMILES string of the molecule is N#CC(C#N)=c1c2ccc(C(F)(F)F)cc2c(=C(C#N)C#N)c2nsnc12. The van der Waals surface area contributed by atoms with Crippen molar-refractivity contribution in [1.82, 2.24) is 8.75 Å². The Balaban J connectivity index is 2.85. The molecule has 27 heavy (non-hydrogen) atoms. The van der Waals surface area contributed by atoms with Gasteiger partial charge in [0.05, 0.1) is 17.3 Å². The van der Waals surface area contributed by atoms with Crippen LogP contribution in [0.2, 0.25) is 0 Å². The molecule has 0 radical (unpaired) electrons. The summed E-state index contributed by atoms with van der Waals surface area (Å²) < 4.78 is 47.6. The molecule has 0 N–H and O–H groups in total. The largest absolute Gasteiger partial charge is 0.416 e. The molecule has 0 aliphatic heterocycles. The Kier molecular flexibility index (Phi) is 4.21. The van der Waals surface area contributed by atoms with Crippen molar-refractivity contribution in [3.63, 3.8) is 0 Å². The van der Waals surface area contributed by atoms with E-state index >= 15 is 0 Å². The first-order valence-electron chi connectivity index (χ1n) is 7.01. The van der Waals surface area contributed by atoms with Crippen molar-refractivity contribution < 1.29 is 13.2 Å². The maximum atomic E-state index is 13.2. The van der Waals surface area contributed by atoms with Crippen molar-refractivity contribution in [2.24, 2.45) is 0 Å². The van der Waals surface area contributed by atoms with Crippen molar-refractivity contribution in [2.45, 2.75) is 6.18 Å². The first-order chi connectivity index (χ1) is 12.9. The summed E-state index contributed by atoms with van der Waals surface area (Å²) in [5.41, 5.74) is -1.75. The number of hydrogen-bond acceptors (Lipinski definition) is 7. The second-order valence-corrected chi connectivity index (χ2v) is 5.70. The van der Waals surface area contributed by atoms with Crippen molar-refractivity contribution in [2.75, 3.05) is 0 Å². The van der Waals surface area contributed by atoms with Gasteiger partial charge >= 0.3 is 6.18 Å². The van der Waals surface area contributed by atoms with Gasteiger partial charge in [0, 0.05) is 10.4 Å². The molecule has 0 amide bonds. The van der Waals surface area contributed by atoms with Gasteiger partial charge in [-0.1, -0.05) is 6.07 Å². The second-order valence-electron chi connectivity index (χ2n) is 5.17. The molecule has 0 bridgehead atoms. The molecule has 2 aromatic carbocycles. The van der Waals surface area contributed by atoms with E-state index in [1.165, 1.54) is 0 Å². The van der Waals surface area contributed by atoms with E-state index in [9.17, 15) is 34.2 Å². The Morgan fingerprint density at radius 2 is 1.30 bits per heavy atom. The summed E-state index contributed by atoms with van der Waals surface area (Å²) in [5.74, 6) is 0. The van der Waals surface area contributed by atoms with Gasteiger partial charge in [0.2, 0.25) is 0 Å². The van der Waals surface area contributed by atoms with Crippen LogP contribution in [0.4, 0.5) is 13.2 Å². The van der Waals surface area contributed by atoms with Crippen LogP contribution in [0, 0.1) is 45.3 Å². The van der Waals surface area contributed by atoms with Crippen LogP contribution in [0.5, 0.6) is 0 Å². The monoisotopic (exact) mass is 380 g/mol. The molecule has 6 nitrogen and oxygen atoms in total. The molecular weight excluding hydrogens is 377 g/mol. The molecule has 3 rings (SSSR count). The Labute approximate surface area is 152 Å². The fourth-order valence-electron chi connectivity index (χ4n) is 2.70. The summed E-state index contributed by atoms with van der Waals surface area (Å²) >= 11 is 0.692. The molecular formula is C17H3F3N6S. The molecule has 10 heteroatoms. The number of halogens is 3. The van der Waals surface area contributed by atoms with E-state index in [0.29, 0.717) is 11.7 Å². The van der Waals surface area contributed by atoms with E-state index in [4.69, 9.17) is 0 Å². The molecule has 0 fully saturated rings. The molecule has 0 spiro atoms. The standard InChI is InChI=1S/C17H3F3N6S/c18-17(19,20)10-1-2-11-12(3-10)14(9(6-23)7-24)16-15(25-27-26-16)13(11)8(4-21)5-22/h1-3H. The number of alkyl halides is 3. The van der Waals surface area contributed by atoms with E-state index < -0.39 is 17.3 Å². The predicted molar refractivity (Wildman–Crippen MR) is 88.4 cm³/mol. The average molecular weight is 380 g/mol. The number of benzene rings is 2. The summed E-state index contributed by atoms with van der Waals surface area (Å²) in [6.07, 6.45) is -4.67. The third-order valence-corrected chi connectivity index (χ3v) is 4.32. The van der Waals surface area contributed by atoms with Crippen LogP contribution < -0.4 is 10.4 Å². The summed E-state index contributed by atoms with van der Waals surface area (Å²) in [6, 6.07) is 9.36. The molecule has 0 unspecified atom stereocenters. The van der Waals surface area contributed by atoms with Crippen LogP contribution in [0.25, 0.3) is 33.0 Å². The lowest BCUT2D eigenvalue weighted by Crippen LogP contribution is -2.19. The third kappa shape index (κ3) is 2.71. The van der Waals surface area contributed by atoms with E-state index in [0.717, 1.165) is 18.2 Å². The van der Waals surface area contributed by atoms with E-state index in [1.807, 2.05) is 0 Å². The molecule has 0 saturated carbocycles. The van der Waals surface area contributed by atoms with Gasteiger partial charge in [-0.25, -0.2) is 0 Å². The first kappa shape index (κ1) is 17.8. The predicted octanol–water partition coefficient (Wildman–Crippen LogP) is 2.26. The van der Waals surface area contributed by atoms with Crippen LogP contribution in [0.3, 0.4) is 0 Å². The quantitative estimate of drug-likeness (QED) is 0.590. The zero-order valence-electron chi connectivity index (χ0n) is 13.0. The van der Waals surface area contributed by atoms with E-state index in [-0.39, 0.29) is 37.8 Å². The van der Waals surface area contributed by atoms with Crippen molar-refractivity contribution in [1.29, 1.82) is 21.0 Å². The zero-order chi connectivity index (χ0) is 19.8. The minimum absolute atomic E-state index is 0.0112. The molecule has 1 aromatic heterocycles. The van der Waals surface area contributed by atoms with Gasteiger partial charge in [0.1, 0.15) is 46.5 Å². The smallest absolute Gasteiger partial charge is 0.192 e. The van der Waals surface area contributed by atoms with Gasteiger partial charge in [-0.2, -0.15) is 43.0 Å². The lowest BCUT2D eigenvalue weighted by Gasteiger charge is -2.09. The van der Waals surface area contributed by atoms with E-state index in [1.54, 1.807) is 24.3 Å². The van der Waals surface area contributed by atoms with Crippen LogP contribution in [0.1, 0.15) is 5.56 Å². The molecule has 0 atom stereocenters. The van der Waals surface area contributed by atoms with Crippen LogP contribution in [-0.4, -0.2) is 8.75 Å². The molecule has 3 aromatic rings. The highest BCUT2D eigenvalue weighted by molar-refractivity contribution is 7.00. The number of aromatic nitrogens is 2.